The number of hydrogen-bond donors (Lipinski definition) is 2. The summed E-state index contributed by atoms with van der Waals surface area (Å²) < 4.78 is 34.1. The standard InChI is InChI=1S/2C19H14O.2Na.H2O4S/c2*20-12-19-16-8-4-2-6-14(16)11-18-15-7-3-1-5-13(15)9-10-17(18)19;;;1-5(2,3)4/h2*1-11,20H,12H2;;;(H2,1,2,3,4)/q;;2*+1;/p-2. The van der Waals surface area contributed by atoms with Crippen LogP contribution < -0.4 is 59.1 Å². The molecule has 0 amide bonds. The number of fused-ring (bicyclic) bond motifs is 8. The van der Waals surface area contributed by atoms with E-state index < -0.39 is 10.4 Å². The summed E-state index contributed by atoms with van der Waals surface area (Å²) in [7, 11) is -5.17. The molecule has 9 heteroatoms. The van der Waals surface area contributed by atoms with Gasteiger partial charge in [0.25, 0.3) is 0 Å². The molecule has 2 N–H and O–H groups in total. The number of aliphatic hydroxyl groups is 2. The quantitative estimate of drug-likeness (QED) is 0.0964. The van der Waals surface area contributed by atoms with Crippen LogP contribution >= 0.6 is 0 Å². The maximum absolute atomic E-state index is 9.81. The molecule has 6 nitrogen and oxygen atoms in total. The molecule has 0 heterocycles. The summed E-state index contributed by atoms with van der Waals surface area (Å²) in [6, 6.07) is 46.3. The summed E-state index contributed by atoms with van der Waals surface area (Å²) in [5, 5.41) is 33.9. The predicted molar refractivity (Wildman–Crippen MR) is 180 cm³/mol. The maximum Gasteiger partial charge on any atom is 1.00 e. The van der Waals surface area contributed by atoms with E-state index in [2.05, 4.69) is 109 Å². The van der Waals surface area contributed by atoms with Crippen LogP contribution in [0.4, 0.5) is 0 Å². The Hall–Kier alpha value is -2.89. The average Bonchev–Trinajstić information content (AvgIpc) is 3.05. The summed E-state index contributed by atoms with van der Waals surface area (Å²) >= 11 is 0. The van der Waals surface area contributed by atoms with Gasteiger partial charge in [0.2, 0.25) is 0 Å². The number of rotatable bonds is 2. The molecular formula is C38H28Na2O6S. The van der Waals surface area contributed by atoms with Crippen LogP contribution in [0.15, 0.2) is 133 Å². The Morgan fingerprint density at radius 3 is 1.04 bits per heavy atom. The van der Waals surface area contributed by atoms with Gasteiger partial charge in [0.05, 0.1) is 13.2 Å². The molecule has 0 aliphatic heterocycles. The maximum atomic E-state index is 9.81. The van der Waals surface area contributed by atoms with Crippen molar-refractivity contribution in [3.63, 3.8) is 0 Å². The topological polar surface area (TPSA) is 121 Å². The monoisotopic (exact) mass is 658 g/mol. The van der Waals surface area contributed by atoms with Crippen molar-refractivity contribution in [2.24, 2.45) is 0 Å². The summed E-state index contributed by atoms with van der Waals surface area (Å²) in [4.78, 5) is 0. The minimum atomic E-state index is -5.17. The van der Waals surface area contributed by atoms with Crippen LogP contribution in [-0.4, -0.2) is 27.7 Å². The van der Waals surface area contributed by atoms with E-state index in [1.807, 2.05) is 24.3 Å². The van der Waals surface area contributed by atoms with Gasteiger partial charge in [0.1, 0.15) is 0 Å². The van der Waals surface area contributed by atoms with Gasteiger partial charge in [-0.15, -0.1) is 0 Å². The third-order valence-electron chi connectivity index (χ3n) is 8.08. The van der Waals surface area contributed by atoms with Crippen LogP contribution in [0.5, 0.6) is 0 Å². The molecule has 47 heavy (non-hydrogen) atoms. The number of benzene rings is 8. The third kappa shape index (κ3) is 8.05. The summed E-state index contributed by atoms with van der Waals surface area (Å²) in [5.74, 6) is 0. The molecule has 0 saturated carbocycles. The summed E-state index contributed by atoms with van der Waals surface area (Å²) in [6.45, 7) is 0.131. The molecule has 8 aromatic carbocycles. The van der Waals surface area contributed by atoms with Gasteiger partial charge in [-0.3, -0.25) is 8.42 Å². The summed E-state index contributed by atoms with van der Waals surface area (Å²) in [5.41, 5.74) is 2.03. The fourth-order valence-corrected chi connectivity index (χ4v) is 6.17. The van der Waals surface area contributed by atoms with Gasteiger partial charge in [-0.2, -0.15) is 0 Å². The SMILES string of the molecule is O=S(=O)([O-])[O-].OCc1c2ccccc2cc2c1ccc1ccccc12.OCc1c2ccccc2cc2c1ccc1ccccc12.[Na+].[Na+]. The van der Waals surface area contributed by atoms with Gasteiger partial charge in [0, 0.05) is 10.4 Å². The van der Waals surface area contributed by atoms with Gasteiger partial charge in [-0.1, -0.05) is 121 Å². The Morgan fingerprint density at radius 1 is 0.404 bits per heavy atom. The van der Waals surface area contributed by atoms with Crippen LogP contribution in [0, 0.1) is 0 Å². The number of hydrogen-bond acceptors (Lipinski definition) is 6. The molecule has 8 rings (SSSR count). The summed E-state index contributed by atoms with van der Waals surface area (Å²) in [6.07, 6.45) is 0. The fourth-order valence-electron chi connectivity index (χ4n) is 6.17. The Labute approximate surface area is 316 Å². The van der Waals surface area contributed by atoms with Crippen molar-refractivity contribution < 1.29 is 86.9 Å². The first-order valence-electron chi connectivity index (χ1n) is 14.3. The van der Waals surface area contributed by atoms with Gasteiger partial charge < -0.3 is 19.3 Å². The first-order valence-corrected chi connectivity index (χ1v) is 15.6. The van der Waals surface area contributed by atoms with Crippen molar-refractivity contribution in [2.45, 2.75) is 13.2 Å². The zero-order chi connectivity index (χ0) is 31.6. The average molecular weight is 659 g/mol. The first kappa shape index (κ1) is 36.9. The van der Waals surface area contributed by atoms with E-state index in [9.17, 15) is 10.2 Å². The Morgan fingerprint density at radius 2 is 0.702 bits per heavy atom. The van der Waals surface area contributed by atoms with E-state index >= 15 is 0 Å². The molecular weight excluding hydrogens is 630 g/mol. The third-order valence-corrected chi connectivity index (χ3v) is 8.08. The van der Waals surface area contributed by atoms with E-state index in [1.165, 1.54) is 43.1 Å². The Balaban J connectivity index is 0.000000180. The van der Waals surface area contributed by atoms with Gasteiger partial charge in [0.15, 0.2) is 0 Å². The molecule has 8 aromatic rings. The van der Waals surface area contributed by atoms with Crippen LogP contribution in [0.3, 0.4) is 0 Å². The smallest absolute Gasteiger partial charge is 0.759 e. The second-order valence-corrected chi connectivity index (χ2v) is 11.5. The molecule has 0 spiro atoms. The molecule has 0 aliphatic carbocycles. The normalized spacial score (nSPS) is 11.0. The molecule has 0 unspecified atom stereocenters. The molecule has 0 saturated heterocycles. The van der Waals surface area contributed by atoms with E-state index in [-0.39, 0.29) is 72.3 Å². The zero-order valence-corrected chi connectivity index (χ0v) is 30.9. The minimum absolute atomic E-state index is 0. The van der Waals surface area contributed by atoms with Gasteiger partial charge >= 0.3 is 59.1 Å². The van der Waals surface area contributed by atoms with E-state index in [1.54, 1.807) is 0 Å². The van der Waals surface area contributed by atoms with Crippen molar-refractivity contribution in [3.05, 3.63) is 145 Å². The molecule has 0 aliphatic rings. The van der Waals surface area contributed by atoms with Crippen molar-refractivity contribution in [2.75, 3.05) is 0 Å². The second kappa shape index (κ2) is 16.0. The zero-order valence-electron chi connectivity index (χ0n) is 26.1. The van der Waals surface area contributed by atoms with E-state index in [0.29, 0.717) is 0 Å². The van der Waals surface area contributed by atoms with E-state index in [0.717, 1.165) is 32.7 Å². The van der Waals surface area contributed by atoms with Crippen LogP contribution in [-0.2, 0) is 23.6 Å². The van der Waals surface area contributed by atoms with E-state index in [4.69, 9.17) is 17.5 Å². The largest absolute Gasteiger partial charge is 1.00 e. The second-order valence-electron chi connectivity index (χ2n) is 10.6. The fraction of sp³-hybridized carbons (Fsp3) is 0.0526. The predicted octanol–water partition coefficient (Wildman–Crippen LogP) is 1.95. The molecule has 0 atom stereocenters. The van der Waals surface area contributed by atoms with Crippen molar-refractivity contribution in [1.82, 2.24) is 0 Å². The van der Waals surface area contributed by atoms with Crippen LogP contribution in [0.1, 0.15) is 11.1 Å². The van der Waals surface area contributed by atoms with Crippen molar-refractivity contribution in [3.8, 4) is 0 Å². The first-order chi connectivity index (χ1) is 21.8. The Bertz CT molecular complexity index is 2300. The number of aliphatic hydroxyl groups excluding tert-OH is 2. The van der Waals surface area contributed by atoms with Crippen LogP contribution in [0.25, 0.3) is 64.6 Å². The molecule has 0 bridgehead atoms. The molecule has 0 aromatic heterocycles. The molecule has 0 radical (unpaired) electrons. The Kier molecular flexibility index (Phi) is 12.6. The van der Waals surface area contributed by atoms with Gasteiger partial charge in [-0.05, 0) is 87.9 Å². The molecule has 224 valence electrons. The minimum Gasteiger partial charge on any atom is -0.759 e. The van der Waals surface area contributed by atoms with Crippen molar-refractivity contribution in [1.29, 1.82) is 0 Å². The molecule has 0 fully saturated rings. The van der Waals surface area contributed by atoms with Crippen LogP contribution in [0.2, 0.25) is 0 Å². The van der Waals surface area contributed by atoms with Crippen molar-refractivity contribution >= 4 is 75.0 Å². The van der Waals surface area contributed by atoms with Gasteiger partial charge in [-0.25, -0.2) is 0 Å².